The van der Waals surface area contributed by atoms with E-state index in [1.54, 1.807) is 28.9 Å². The zero-order valence-electron chi connectivity index (χ0n) is 12.8. The molecule has 1 aromatic heterocycles. The number of amides is 2. The van der Waals surface area contributed by atoms with Crippen LogP contribution in [0.25, 0.3) is 11.3 Å². The number of aryl methyl sites for hydroxylation is 1. The molecule has 3 aromatic rings. The molecule has 1 heterocycles. The van der Waals surface area contributed by atoms with Crippen LogP contribution in [0.1, 0.15) is 0 Å². The summed E-state index contributed by atoms with van der Waals surface area (Å²) in [7, 11) is 1.86. The highest BCUT2D eigenvalue weighted by Crippen LogP contribution is 2.28. The number of nitrogens with zero attached hydrogens (tertiary/aromatic N) is 2. The van der Waals surface area contributed by atoms with Crippen molar-refractivity contribution >= 4 is 44.9 Å². The van der Waals surface area contributed by atoms with E-state index in [1.165, 1.54) is 0 Å². The molecule has 5 nitrogen and oxygen atoms in total. The number of benzene rings is 2. The second-order valence-corrected chi connectivity index (χ2v) is 6.46. The first kappa shape index (κ1) is 16.5. The number of hydrogen-bond donors (Lipinski definition) is 2. The van der Waals surface area contributed by atoms with E-state index < -0.39 is 0 Å². The minimum Gasteiger partial charge on any atom is -0.308 e. The molecular formula is C17H14BrClN4O. The third-order valence-corrected chi connectivity index (χ3v) is 4.08. The van der Waals surface area contributed by atoms with Crippen LogP contribution in [-0.4, -0.2) is 15.8 Å². The van der Waals surface area contributed by atoms with Crippen LogP contribution < -0.4 is 10.6 Å². The summed E-state index contributed by atoms with van der Waals surface area (Å²) < 4.78 is 2.62. The largest absolute Gasteiger partial charge is 0.323 e. The Morgan fingerprint density at radius 2 is 1.79 bits per heavy atom. The number of aromatic nitrogens is 2. The van der Waals surface area contributed by atoms with Gasteiger partial charge in [-0.1, -0.05) is 29.8 Å². The predicted molar refractivity (Wildman–Crippen MR) is 100 cm³/mol. The minimum atomic E-state index is -0.338. The Bertz CT molecular complexity index is 894. The molecule has 0 saturated carbocycles. The van der Waals surface area contributed by atoms with Gasteiger partial charge in [0, 0.05) is 35.2 Å². The van der Waals surface area contributed by atoms with Gasteiger partial charge in [-0.2, -0.15) is 5.10 Å². The summed E-state index contributed by atoms with van der Waals surface area (Å²) in [4.78, 5) is 12.1. The standard InChI is InChI=1S/C17H14BrClN4O/c1-23-10-15(18)16(22-23)11-4-2-6-13(8-11)20-17(24)21-14-7-3-5-12(19)9-14/h2-10H,1H3,(H2,20,21,24). The van der Waals surface area contributed by atoms with Crippen LogP contribution in [0.2, 0.25) is 5.02 Å². The van der Waals surface area contributed by atoms with Crippen molar-refractivity contribution in [2.24, 2.45) is 7.05 Å². The second kappa shape index (κ2) is 7.07. The highest BCUT2D eigenvalue weighted by molar-refractivity contribution is 9.10. The van der Waals surface area contributed by atoms with E-state index in [2.05, 4.69) is 31.7 Å². The maximum absolute atomic E-state index is 12.1. The summed E-state index contributed by atoms with van der Waals surface area (Å²) in [6.07, 6.45) is 1.88. The number of carbonyl (C=O) groups is 1. The smallest absolute Gasteiger partial charge is 0.308 e. The lowest BCUT2D eigenvalue weighted by molar-refractivity contribution is 0.262. The molecule has 0 atom stereocenters. The van der Waals surface area contributed by atoms with Crippen molar-refractivity contribution < 1.29 is 4.79 Å². The van der Waals surface area contributed by atoms with Crippen molar-refractivity contribution in [2.45, 2.75) is 0 Å². The van der Waals surface area contributed by atoms with Crippen molar-refractivity contribution in [1.82, 2.24) is 9.78 Å². The monoisotopic (exact) mass is 404 g/mol. The second-order valence-electron chi connectivity index (χ2n) is 5.17. The number of hydrogen-bond acceptors (Lipinski definition) is 2. The summed E-state index contributed by atoms with van der Waals surface area (Å²) in [5.74, 6) is 0. The molecule has 0 spiro atoms. The highest BCUT2D eigenvalue weighted by atomic mass is 79.9. The number of anilines is 2. The Morgan fingerprint density at radius 1 is 1.12 bits per heavy atom. The van der Waals surface area contributed by atoms with E-state index in [-0.39, 0.29) is 6.03 Å². The first-order valence-electron chi connectivity index (χ1n) is 7.14. The van der Waals surface area contributed by atoms with Crippen LogP contribution in [0.5, 0.6) is 0 Å². The Morgan fingerprint density at radius 3 is 2.42 bits per heavy atom. The fraction of sp³-hybridized carbons (Fsp3) is 0.0588. The fourth-order valence-corrected chi connectivity index (χ4v) is 3.05. The lowest BCUT2D eigenvalue weighted by Gasteiger charge is -2.09. The quantitative estimate of drug-likeness (QED) is 0.633. The van der Waals surface area contributed by atoms with Crippen molar-refractivity contribution in [3.63, 3.8) is 0 Å². The van der Waals surface area contributed by atoms with Gasteiger partial charge in [-0.15, -0.1) is 0 Å². The first-order valence-corrected chi connectivity index (χ1v) is 8.31. The molecule has 24 heavy (non-hydrogen) atoms. The molecule has 0 bridgehead atoms. The summed E-state index contributed by atoms with van der Waals surface area (Å²) in [5, 5.41) is 10.5. The van der Waals surface area contributed by atoms with Crippen LogP contribution in [0, 0.1) is 0 Å². The Kier molecular flexibility index (Phi) is 4.87. The normalized spacial score (nSPS) is 10.5. The highest BCUT2D eigenvalue weighted by Gasteiger charge is 2.09. The lowest BCUT2D eigenvalue weighted by atomic mass is 10.1. The van der Waals surface area contributed by atoms with Crippen molar-refractivity contribution in [1.29, 1.82) is 0 Å². The van der Waals surface area contributed by atoms with Gasteiger partial charge in [0.05, 0.1) is 4.47 Å². The number of rotatable bonds is 3. The number of halogens is 2. The van der Waals surface area contributed by atoms with Crippen LogP contribution in [0.3, 0.4) is 0 Å². The lowest BCUT2D eigenvalue weighted by Crippen LogP contribution is -2.19. The molecule has 0 radical (unpaired) electrons. The molecule has 0 saturated heterocycles. The number of urea groups is 1. The van der Waals surface area contributed by atoms with E-state index in [9.17, 15) is 4.79 Å². The van der Waals surface area contributed by atoms with Crippen molar-refractivity contribution in [3.8, 4) is 11.3 Å². The van der Waals surface area contributed by atoms with Gasteiger partial charge in [-0.3, -0.25) is 4.68 Å². The van der Waals surface area contributed by atoms with Crippen molar-refractivity contribution in [3.05, 3.63) is 64.2 Å². The molecule has 122 valence electrons. The molecule has 0 aliphatic carbocycles. The molecule has 0 fully saturated rings. The molecule has 7 heteroatoms. The number of nitrogens with one attached hydrogen (secondary N) is 2. The average Bonchev–Trinajstić information content (AvgIpc) is 2.86. The topological polar surface area (TPSA) is 59.0 Å². The summed E-state index contributed by atoms with van der Waals surface area (Å²) in [6, 6.07) is 14.1. The Hall–Kier alpha value is -2.31. The zero-order valence-corrected chi connectivity index (χ0v) is 15.1. The van der Waals surface area contributed by atoms with E-state index in [0.717, 1.165) is 15.7 Å². The van der Waals surface area contributed by atoms with Gasteiger partial charge in [0.15, 0.2) is 0 Å². The van der Waals surface area contributed by atoms with E-state index >= 15 is 0 Å². The Labute approximate surface area is 152 Å². The van der Waals surface area contributed by atoms with Gasteiger partial charge in [-0.05, 0) is 46.3 Å². The van der Waals surface area contributed by atoms with Gasteiger partial charge in [0.1, 0.15) is 5.69 Å². The zero-order chi connectivity index (χ0) is 17.1. The van der Waals surface area contributed by atoms with Crippen molar-refractivity contribution in [2.75, 3.05) is 10.6 Å². The summed E-state index contributed by atoms with van der Waals surface area (Å²) in [6.45, 7) is 0. The van der Waals surface area contributed by atoms with E-state index in [1.807, 2.05) is 37.5 Å². The maximum Gasteiger partial charge on any atom is 0.323 e. The van der Waals surface area contributed by atoms with E-state index in [4.69, 9.17) is 11.6 Å². The van der Waals surface area contributed by atoms with Crippen LogP contribution >= 0.6 is 27.5 Å². The molecular weight excluding hydrogens is 392 g/mol. The number of carbonyl (C=O) groups excluding carboxylic acids is 1. The van der Waals surface area contributed by atoms with Gasteiger partial charge in [0.2, 0.25) is 0 Å². The first-order chi connectivity index (χ1) is 11.5. The molecule has 0 unspecified atom stereocenters. The Balaban J connectivity index is 1.75. The summed E-state index contributed by atoms with van der Waals surface area (Å²) in [5.41, 5.74) is 3.02. The molecule has 0 aliphatic rings. The van der Waals surface area contributed by atoms with Crippen LogP contribution in [-0.2, 0) is 7.05 Å². The third kappa shape index (κ3) is 3.96. The SMILES string of the molecule is Cn1cc(Br)c(-c2cccc(NC(=O)Nc3cccc(Cl)c3)c2)n1. The van der Waals surface area contributed by atoms with Gasteiger partial charge in [-0.25, -0.2) is 4.79 Å². The molecule has 2 N–H and O–H groups in total. The van der Waals surface area contributed by atoms with Crippen LogP contribution in [0.15, 0.2) is 59.2 Å². The molecule has 2 amide bonds. The molecule has 0 aliphatic heterocycles. The average molecular weight is 406 g/mol. The van der Waals surface area contributed by atoms with E-state index in [0.29, 0.717) is 16.4 Å². The molecule has 2 aromatic carbocycles. The maximum atomic E-state index is 12.1. The van der Waals surface area contributed by atoms with Gasteiger partial charge in [0.25, 0.3) is 0 Å². The fourth-order valence-electron chi connectivity index (χ4n) is 2.26. The van der Waals surface area contributed by atoms with Gasteiger partial charge < -0.3 is 10.6 Å². The van der Waals surface area contributed by atoms with Gasteiger partial charge >= 0.3 is 6.03 Å². The predicted octanol–water partition coefficient (Wildman–Crippen LogP) is 5.15. The third-order valence-electron chi connectivity index (χ3n) is 3.26. The summed E-state index contributed by atoms with van der Waals surface area (Å²) >= 11 is 9.39. The minimum absolute atomic E-state index is 0.338. The van der Waals surface area contributed by atoms with Crippen LogP contribution in [0.4, 0.5) is 16.2 Å². The molecule has 3 rings (SSSR count).